The number of pyridine rings is 1. The van der Waals surface area contributed by atoms with Crippen molar-refractivity contribution in [3.63, 3.8) is 0 Å². The van der Waals surface area contributed by atoms with Gasteiger partial charge >= 0.3 is 6.18 Å². The molecule has 0 radical (unpaired) electrons. The Kier molecular flexibility index (Phi) is 4.63. The van der Waals surface area contributed by atoms with Crippen LogP contribution in [0.4, 0.5) is 13.2 Å². The van der Waals surface area contributed by atoms with E-state index < -0.39 is 11.7 Å². The molecule has 1 N–H and O–H groups in total. The molecule has 3 aliphatic heterocycles. The molecule has 5 rings (SSSR count). The second-order valence-electron chi connectivity index (χ2n) is 7.19. The lowest BCUT2D eigenvalue weighted by Crippen LogP contribution is -2.57. The van der Waals surface area contributed by atoms with Crippen molar-refractivity contribution in [1.29, 1.82) is 0 Å². The highest BCUT2D eigenvalue weighted by Crippen LogP contribution is 2.35. The number of nitrogens with zero attached hydrogens (tertiary/aromatic N) is 2. The fraction of sp³-hybridized carbons (Fsp3) is 0.400. The molecule has 1 aromatic carbocycles. The molecule has 1 amide bonds. The van der Waals surface area contributed by atoms with Crippen LogP contribution in [-0.2, 0) is 6.18 Å². The molecule has 4 heterocycles. The van der Waals surface area contributed by atoms with Gasteiger partial charge in [-0.15, -0.1) is 0 Å². The summed E-state index contributed by atoms with van der Waals surface area (Å²) in [6.07, 6.45) is -0.943. The molecule has 2 aromatic rings. The van der Waals surface area contributed by atoms with Gasteiger partial charge in [0.25, 0.3) is 5.91 Å². The zero-order valence-corrected chi connectivity index (χ0v) is 14.7. The number of rotatable bonds is 3. The van der Waals surface area contributed by atoms with Crippen molar-refractivity contribution in [3.8, 4) is 11.3 Å². The maximum atomic E-state index is 13.2. The van der Waals surface area contributed by atoms with Crippen molar-refractivity contribution >= 4 is 5.91 Å². The van der Waals surface area contributed by atoms with E-state index in [1.807, 2.05) is 0 Å². The van der Waals surface area contributed by atoms with Gasteiger partial charge in [0.2, 0.25) is 0 Å². The molecule has 1 unspecified atom stereocenters. The average molecular weight is 375 g/mol. The van der Waals surface area contributed by atoms with E-state index in [9.17, 15) is 18.0 Å². The van der Waals surface area contributed by atoms with Gasteiger partial charge in [0.1, 0.15) is 0 Å². The van der Waals surface area contributed by atoms with E-state index in [2.05, 4.69) is 15.2 Å². The van der Waals surface area contributed by atoms with Gasteiger partial charge in [-0.2, -0.15) is 13.2 Å². The van der Waals surface area contributed by atoms with E-state index in [0.29, 0.717) is 17.0 Å². The highest BCUT2D eigenvalue weighted by Gasteiger charge is 2.35. The minimum absolute atomic E-state index is 0.130. The van der Waals surface area contributed by atoms with Crippen LogP contribution in [0.2, 0.25) is 0 Å². The minimum Gasteiger partial charge on any atom is -0.348 e. The molecule has 4 nitrogen and oxygen atoms in total. The predicted molar refractivity (Wildman–Crippen MR) is 95.1 cm³/mol. The molecule has 1 aromatic heterocycles. The van der Waals surface area contributed by atoms with Crippen molar-refractivity contribution < 1.29 is 18.0 Å². The molecule has 27 heavy (non-hydrogen) atoms. The summed E-state index contributed by atoms with van der Waals surface area (Å²) in [6, 6.07) is 8.57. The third-order valence-corrected chi connectivity index (χ3v) is 5.51. The molecule has 2 bridgehead atoms. The zero-order valence-electron chi connectivity index (χ0n) is 14.7. The zero-order chi connectivity index (χ0) is 19.0. The topological polar surface area (TPSA) is 45.2 Å². The normalized spacial score (nSPS) is 24.6. The fourth-order valence-corrected chi connectivity index (χ4v) is 4.02. The van der Waals surface area contributed by atoms with Gasteiger partial charge in [0.15, 0.2) is 0 Å². The summed E-state index contributed by atoms with van der Waals surface area (Å²) in [5.74, 6) is 0.332. The first kappa shape index (κ1) is 18.0. The number of amides is 1. The Morgan fingerprint density at radius 2 is 1.81 bits per heavy atom. The molecule has 3 saturated heterocycles. The fourth-order valence-electron chi connectivity index (χ4n) is 4.02. The number of carbonyl (C=O) groups is 1. The molecule has 142 valence electrons. The minimum atomic E-state index is -4.48. The van der Waals surface area contributed by atoms with E-state index in [1.54, 1.807) is 12.1 Å². The van der Waals surface area contributed by atoms with Crippen molar-refractivity contribution in [3.05, 3.63) is 53.7 Å². The van der Waals surface area contributed by atoms with Crippen LogP contribution >= 0.6 is 0 Å². The number of halogens is 3. The maximum Gasteiger partial charge on any atom is 0.418 e. The summed E-state index contributed by atoms with van der Waals surface area (Å²) in [4.78, 5) is 18.8. The van der Waals surface area contributed by atoms with Crippen LogP contribution in [0.25, 0.3) is 11.3 Å². The highest BCUT2D eigenvalue weighted by molar-refractivity contribution is 5.95. The lowest BCUT2D eigenvalue weighted by Gasteiger charge is -2.44. The Hall–Kier alpha value is -2.41. The Morgan fingerprint density at radius 3 is 2.41 bits per heavy atom. The molecule has 3 aliphatic rings. The van der Waals surface area contributed by atoms with Crippen LogP contribution in [0.15, 0.2) is 42.6 Å². The summed E-state index contributed by atoms with van der Waals surface area (Å²) in [6.45, 7) is 3.06. The third kappa shape index (κ3) is 3.69. The first-order chi connectivity index (χ1) is 12.9. The van der Waals surface area contributed by atoms with Crippen molar-refractivity contribution in [1.82, 2.24) is 15.2 Å². The molecule has 0 spiro atoms. The van der Waals surface area contributed by atoms with Crippen molar-refractivity contribution in [2.45, 2.75) is 25.1 Å². The molecular weight excluding hydrogens is 355 g/mol. The molecule has 0 aliphatic carbocycles. The standard InChI is InChI=1S/C20H20F3N3O/c21-20(22,23)16-2-1-9-24-18(16)14-3-5-15(6-4-14)19(27)25-17-12-26-10-7-13(17)8-11-26/h1-6,9,13,17H,7-8,10-12H2,(H,25,27). The van der Waals surface area contributed by atoms with Crippen LogP contribution < -0.4 is 5.32 Å². The monoisotopic (exact) mass is 375 g/mol. The lowest BCUT2D eigenvalue weighted by molar-refractivity contribution is -0.137. The summed E-state index contributed by atoms with van der Waals surface area (Å²) < 4.78 is 39.5. The third-order valence-electron chi connectivity index (χ3n) is 5.51. The molecule has 0 saturated carbocycles. The maximum absolute atomic E-state index is 13.2. The lowest BCUT2D eigenvalue weighted by atomic mass is 9.84. The number of aromatic nitrogens is 1. The number of hydrogen-bond donors (Lipinski definition) is 1. The molecule has 1 atom stereocenters. The van der Waals surface area contributed by atoms with Gasteiger partial charge in [-0.25, -0.2) is 0 Å². The average Bonchev–Trinajstić information content (AvgIpc) is 2.68. The van der Waals surface area contributed by atoms with Crippen molar-refractivity contribution in [2.24, 2.45) is 5.92 Å². The number of carbonyl (C=O) groups excluding carboxylic acids is 1. The van der Waals surface area contributed by atoms with Crippen LogP contribution in [0.1, 0.15) is 28.8 Å². The van der Waals surface area contributed by atoms with E-state index in [4.69, 9.17) is 0 Å². The quantitative estimate of drug-likeness (QED) is 0.892. The number of alkyl halides is 3. The summed E-state index contributed by atoms with van der Waals surface area (Å²) in [5.41, 5.74) is -0.133. The van der Waals surface area contributed by atoms with Gasteiger partial charge < -0.3 is 10.2 Å². The largest absolute Gasteiger partial charge is 0.418 e. The van der Waals surface area contributed by atoms with E-state index in [1.165, 1.54) is 24.4 Å². The van der Waals surface area contributed by atoms with Gasteiger partial charge in [0.05, 0.1) is 11.3 Å². The Morgan fingerprint density at radius 1 is 1.11 bits per heavy atom. The molecular formula is C20H20F3N3O. The van der Waals surface area contributed by atoms with Gasteiger partial charge in [-0.05, 0) is 56.1 Å². The van der Waals surface area contributed by atoms with E-state index in [-0.39, 0.29) is 17.6 Å². The van der Waals surface area contributed by atoms with Crippen LogP contribution in [0.3, 0.4) is 0 Å². The summed E-state index contributed by atoms with van der Waals surface area (Å²) in [7, 11) is 0. The second kappa shape index (κ2) is 6.96. The number of nitrogens with one attached hydrogen (secondary N) is 1. The first-order valence-electron chi connectivity index (χ1n) is 9.08. The predicted octanol–water partition coefficient (Wildman–Crippen LogP) is 3.59. The van der Waals surface area contributed by atoms with E-state index >= 15 is 0 Å². The Balaban J connectivity index is 1.50. The van der Waals surface area contributed by atoms with Gasteiger partial charge in [-0.1, -0.05) is 12.1 Å². The Labute approximate surface area is 155 Å². The highest BCUT2D eigenvalue weighted by atomic mass is 19.4. The smallest absolute Gasteiger partial charge is 0.348 e. The summed E-state index contributed by atoms with van der Waals surface area (Å²) >= 11 is 0. The molecule has 7 heteroatoms. The van der Waals surface area contributed by atoms with Crippen molar-refractivity contribution in [2.75, 3.05) is 19.6 Å². The second-order valence-corrected chi connectivity index (χ2v) is 7.19. The first-order valence-corrected chi connectivity index (χ1v) is 9.08. The van der Waals surface area contributed by atoms with Crippen LogP contribution in [0, 0.1) is 5.92 Å². The number of piperidine rings is 3. The SMILES string of the molecule is O=C(NC1CN2CCC1CC2)c1ccc(-c2ncccc2C(F)(F)F)cc1. The van der Waals surface area contributed by atoms with Gasteiger partial charge in [-0.3, -0.25) is 9.78 Å². The van der Waals surface area contributed by atoms with Gasteiger partial charge in [0, 0.05) is 29.9 Å². The van der Waals surface area contributed by atoms with E-state index in [0.717, 1.165) is 38.5 Å². The molecule has 3 fully saturated rings. The Bertz CT molecular complexity index is 827. The van der Waals surface area contributed by atoms with Crippen LogP contribution in [0.5, 0.6) is 0 Å². The number of fused-ring (bicyclic) bond motifs is 3. The number of benzene rings is 1. The number of hydrogen-bond acceptors (Lipinski definition) is 3. The van der Waals surface area contributed by atoms with Crippen LogP contribution in [-0.4, -0.2) is 41.5 Å². The summed E-state index contributed by atoms with van der Waals surface area (Å²) in [5, 5.41) is 3.09.